The molecule has 1 heterocycles. The highest BCUT2D eigenvalue weighted by Crippen LogP contribution is 2.19. The molecule has 0 aromatic carbocycles. The van der Waals surface area contributed by atoms with Crippen LogP contribution in [0.15, 0.2) is 0 Å². The van der Waals surface area contributed by atoms with Crippen molar-refractivity contribution in [3.05, 3.63) is 0 Å². The summed E-state index contributed by atoms with van der Waals surface area (Å²) in [5, 5.41) is 1.24. The van der Waals surface area contributed by atoms with Crippen LogP contribution >= 0.6 is 11.8 Å². The fraction of sp³-hybridized carbons (Fsp3) is 0.250. The molecule has 1 radical (unpaired) electrons. The van der Waals surface area contributed by atoms with Gasteiger partial charge in [0.15, 0.2) is 5.25 Å². The molecule has 5 nitrogen and oxygen atoms in total. The van der Waals surface area contributed by atoms with Crippen molar-refractivity contribution in [2.45, 2.75) is 5.25 Å². The summed E-state index contributed by atoms with van der Waals surface area (Å²) >= 11 is 0.552. The number of amides is 3. The molecule has 1 saturated heterocycles. The van der Waals surface area contributed by atoms with E-state index in [4.69, 9.17) is 5.73 Å². The lowest BCUT2D eigenvalue weighted by molar-refractivity contribution is -0.125. The highest BCUT2D eigenvalue weighted by molar-refractivity contribution is 8.16. The SMILES string of the molecule is NC(=O)C1SC(=O)[N]C1=O. The molecule has 10 heavy (non-hydrogen) atoms. The summed E-state index contributed by atoms with van der Waals surface area (Å²) in [5.41, 5.74) is 4.76. The predicted octanol–water partition coefficient (Wildman–Crippen LogP) is -1.16. The lowest BCUT2D eigenvalue weighted by Crippen LogP contribution is -2.31. The number of hydrogen-bond donors (Lipinski definition) is 1. The maximum absolute atomic E-state index is 10.5. The first-order chi connectivity index (χ1) is 4.61. The second-order valence-electron chi connectivity index (χ2n) is 1.62. The van der Waals surface area contributed by atoms with Crippen LogP contribution in [-0.2, 0) is 9.59 Å². The molecule has 0 aliphatic carbocycles. The van der Waals surface area contributed by atoms with Crippen molar-refractivity contribution in [3.63, 3.8) is 0 Å². The van der Waals surface area contributed by atoms with E-state index in [-0.39, 0.29) is 0 Å². The minimum Gasteiger partial charge on any atom is -0.368 e. The summed E-state index contributed by atoms with van der Waals surface area (Å²) in [5.74, 6) is -1.56. The zero-order valence-corrected chi connectivity index (χ0v) is 5.55. The Morgan fingerprint density at radius 2 is 2.20 bits per heavy atom. The number of nitrogens with zero attached hydrogens (tertiary/aromatic N) is 1. The summed E-state index contributed by atoms with van der Waals surface area (Å²) in [6, 6.07) is 0. The van der Waals surface area contributed by atoms with Gasteiger partial charge in [0.2, 0.25) is 5.91 Å². The molecule has 1 atom stereocenters. The van der Waals surface area contributed by atoms with Crippen molar-refractivity contribution in [1.82, 2.24) is 5.32 Å². The van der Waals surface area contributed by atoms with E-state index in [1.54, 1.807) is 0 Å². The van der Waals surface area contributed by atoms with Crippen LogP contribution in [0, 0.1) is 0 Å². The number of nitrogens with two attached hydrogens (primary N) is 1. The quantitative estimate of drug-likeness (QED) is 0.488. The third-order valence-electron chi connectivity index (χ3n) is 0.903. The van der Waals surface area contributed by atoms with Crippen LogP contribution in [0.4, 0.5) is 4.79 Å². The van der Waals surface area contributed by atoms with Crippen LogP contribution in [0.25, 0.3) is 0 Å². The largest absolute Gasteiger partial charge is 0.368 e. The van der Waals surface area contributed by atoms with Gasteiger partial charge in [-0.2, -0.15) is 5.32 Å². The van der Waals surface area contributed by atoms with E-state index in [1.807, 2.05) is 0 Å². The Labute approximate surface area is 60.3 Å². The zero-order chi connectivity index (χ0) is 7.72. The second-order valence-corrected chi connectivity index (χ2v) is 2.67. The molecule has 1 aliphatic rings. The average Bonchev–Trinajstić information content (AvgIpc) is 2.10. The van der Waals surface area contributed by atoms with Crippen LogP contribution in [-0.4, -0.2) is 22.3 Å². The van der Waals surface area contributed by atoms with Gasteiger partial charge in [0.05, 0.1) is 0 Å². The summed E-state index contributed by atoms with van der Waals surface area (Å²) in [6.07, 6.45) is 0. The third kappa shape index (κ3) is 1.10. The fourth-order valence-corrected chi connectivity index (χ4v) is 1.12. The van der Waals surface area contributed by atoms with E-state index >= 15 is 0 Å². The maximum atomic E-state index is 10.5. The molecule has 53 valence electrons. The van der Waals surface area contributed by atoms with Gasteiger partial charge in [-0.05, 0) is 11.8 Å². The van der Waals surface area contributed by atoms with Crippen molar-refractivity contribution in [3.8, 4) is 0 Å². The first-order valence-corrected chi connectivity index (χ1v) is 3.25. The van der Waals surface area contributed by atoms with E-state index in [0.717, 1.165) is 0 Å². The lowest BCUT2D eigenvalue weighted by Gasteiger charge is -1.93. The van der Waals surface area contributed by atoms with Crippen LogP contribution < -0.4 is 11.1 Å². The number of hydrogen-bond acceptors (Lipinski definition) is 4. The Morgan fingerprint density at radius 3 is 2.40 bits per heavy atom. The van der Waals surface area contributed by atoms with E-state index in [2.05, 4.69) is 5.32 Å². The smallest absolute Gasteiger partial charge is 0.309 e. The second kappa shape index (κ2) is 2.30. The lowest BCUT2D eigenvalue weighted by atomic mass is 10.4. The molecular formula is C4H3N2O3S. The maximum Gasteiger partial charge on any atom is 0.309 e. The van der Waals surface area contributed by atoms with Crippen molar-refractivity contribution < 1.29 is 14.4 Å². The highest BCUT2D eigenvalue weighted by Gasteiger charge is 2.37. The van der Waals surface area contributed by atoms with E-state index < -0.39 is 22.3 Å². The molecule has 3 amide bonds. The topological polar surface area (TPSA) is 91.3 Å². The van der Waals surface area contributed by atoms with Gasteiger partial charge < -0.3 is 5.73 Å². The summed E-state index contributed by atoms with van der Waals surface area (Å²) < 4.78 is 0. The number of rotatable bonds is 1. The molecule has 1 rings (SSSR count). The summed E-state index contributed by atoms with van der Waals surface area (Å²) in [7, 11) is 0. The molecule has 0 saturated carbocycles. The molecule has 1 aliphatic heterocycles. The average molecular weight is 159 g/mol. The summed E-state index contributed by atoms with van der Waals surface area (Å²) in [6.45, 7) is 0. The molecular weight excluding hydrogens is 156 g/mol. The normalized spacial score (nSPS) is 24.6. The van der Waals surface area contributed by atoms with E-state index in [0.29, 0.717) is 11.8 Å². The van der Waals surface area contributed by atoms with Gasteiger partial charge in [0.1, 0.15) is 0 Å². The van der Waals surface area contributed by atoms with Gasteiger partial charge >= 0.3 is 5.24 Å². The Morgan fingerprint density at radius 1 is 1.60 bits per heavy atom. The van der Waals surface area contributed by atoms with Crippen LogP contribution in [0.2, 0.25) is 0 Å². The molecule has 1 fully saturated rings. The standard InChI is InChI=1S/C4H3N2O3S/c5-2(7)1-3(8)6-4(9)10-1/h1H,(H2,5,7). The number of thioether (sulfide) groups is 1. The Kier molecular flexibility index (Phi) is 1.62. The van der Waals surface area contributed by atoms with Crippen molar-refractivity contribution >= 4 is 28.8 Å². The fourth-order valence-electron chi connectivity index (χ4n) is 0.506. The Balaban J connectivity index is 2.72. The van der Waals surface area contributed by atoms with Crippen molar-refractivity contribution in [1.29, 1.82) is 0 Å². The molecule has 2 N–H and O–H groups in total. The van der Waals surface area contributed by atoms with Gasteiger partial charge in [-0.15, -0.1) is 0 Å². The van der Waals surface area contributed by atoms with Crippen LogP contribution in [0.5, 0.6) is 0 Å². The molecule has 1 unspecified atom stereocenters. The molecule has 0 spiro atoms. The summed E-state index contributed by atoms with van der Waals surface area (Å²) in [4.78, 5) is 31.2. The van der Waals surface area contributed by atoms with Crippen molar-refractivity contribution in [2.24, 2.45) is 5.73 Å². The number of primary amides is 1. The van der Waals surface area contributed by atoms with E-state index in [9.17, 15) is 14.4 Å². The monoisotopic (exact) mass is 159 g/mol. The minimum atomic E-state index is -1.09. The predicted molar refractivity (Wildman–Crippen MR) is 33.1 cm³/mol. The van der Waals surface area contributed by atoms with Gasteiger partial charge in [-0.1, -0.05) is 0 Å². The van der Waals surface area contributed by atoms with Crippen LogP contribution in [0.1, 0.15) is 0 Å². The molecule has 0 bridgehead atoms. The molecule has 6 heteroatoms. The first-order valence-electron chi connectivity index (χ1n) is 2.37. The number of carbonyl (C=O) groups excluding carboxylic acids is 3. The Bertz CT molecular complexity index is 215. The van der Waals surface area contributed by atoms with Gasteiger partial charge in [-0.3, -0.25) is 14.4 Å². The molecule has 0 aromatic rings. The Hall–Kier alpha value is -1.04. The minimum absolute atomic E-state index is 0.552. The van der Waals surface area contributed by atoms with Crippen molar-refractivity contribution in [2.75, 3.05) is 0 Å². The van der Waals surface area contributed by atoms with E-state index in [1.165, 1.54) is 0 Å². The van der Waals surface area contributed by atoms with Gasteiger partial charge in [0.25, 0.3) is 5.91 Å². The van der Waals surface area contributed by atoms with Gasteiger partial charge in [-0.25, -0.2) is 0 Å². The van der Waals surface area contributed by atoms with Gasteiger partial charge in [0, 0.05) is 0 Å². The number of imide groups is 1. The third-order valence-corrected chi connectivity index (χ3v) is 1.87. The highest BCUT2D eigenvalue weighted by atomic mass is 32.2. The zero-order valence-electron chi connectivity index (χ0n) is 4.73. The number of carbonyl (C=O) groups is 3. The van der Waals surface area contributed by atoms with Crippen LogP contribution in [0.3, 0.4) is 0 Å². The molecule has 0 aromatic heterocycles. The first kappa shape index (κ1) is 7.07.